The van der Waals surface area contributed by atoms with E-state index < -0.39 is 47.2 Å². The van der Waals surface area contributed by atoms with Crippen molar-refractivity contribution in [3.63, 3.8) is 0 Å². The van der Waals surface area contributed by atoms with Crippen molar-refractivity contribution in [2.24, 2.45) is 17.3 Å². The van der Waals surface area contributed by atoms with Crippen molar-refractivity contribution >= 4 is 51.8 Å². The number of imide groups is 2. The number of rotatable bonds is 12. The molecule has 1 spiro atoms. The van der Waals surface area contributed by atoms with E-state index in [1.54, 1.807) is 18.2 Å². The predicted octanol–water partition coefficient (Wildman–Crippen LogP) is 6.46. The van der Waals surface area contributed by atoms with Gasteiger partial charge < -0.3 is 20.3 Å². The van der Waals surface area contributed by atoms with Gasteiger partial charge in [-0.1, -0.05) is 12.1 Å². The third-order valence-corrected chi connectivity index (χ3v) is 13.5. The van der Waals surface area contributed by atoms with Gasteiger partial charge in [0, 0.05) is 62.4 Å². The summed E-state index contributed by atoms with van der Waals surface area (Å²) in [5.41, 5.74) is 2.98. The first kappa shape index (κ1) is 40.6. The Balaban J connectivity index is 0.729. The molecule has 2 aromatic carbocycles. The molecule has 14 nitrogen and oxygen atoms in total. The molecular weight excluding hydrogens is 787 g/mol. The Bertz CT molecular complexity index is 2440. The number of benzene rings is 2. The van der Waals surface area contributed by atoms with Crippen LogP contribution in [-0.4, -0.2) is 93.4 Å². The summed E-state index contributed by atoms with van der Waals surface area (Å²) in [5, 5.41) is 14.3. The lowest BCUT2D eigenvalue weighted by molar-refractivity contribution is -0.136. The van der Waals surface area contributed by atoms with Crippen LogP contribution in [0.4, 0.5) is 20.2 Å². The van der Waals surface area contributed by atoms with Crippen LogP contribution in [0, 0.1) is 24.2 Å². The zero-order valence-corrected chi connectivity index (χ0v) is 34.6. The molecular formula is C45H50F2N8O6. The van der Waals surface area contributed by atoms with Gasteiger partial charge >= 0.3 is 0 Å². The zero-order chi connectivity index (χ0) is 42.8. The van der Waals surface area contributed by atoms with Gasteiger partial charge in [0.2, 0.25) is 11.8 Å². The molecule has 2 saturated carbocycles. The standard InChI is InChI=1S/C45H50F2N8O6/c1-25-38-28(18-33(39(25)61-3)50-40(57)32-8-5-9-35(49-32)44(2,46)47)22-54(52-38)29-12-10-26(11-13-29)21-53-23-45(24-53)19-27(20-45)16-17-48-31-7-4-6-30-37(31)43(60)55(42(30)59)34-14-15-36(56)51-41(34)58/h4-9,18,22,26-27,29,34,48H,10-17,19-21,23-24H2,1-3H3,(H,50,57)(H,51,56,58)/t26-,29-,34?. The number of alkyl halides is 2. The molecule has 320 valence electrons. The molecule has 1 atom stereocenters. The molecule has 61 heavy (non-hydrogen) atoms. The van der Waals surface area contributed by atoms with Crippen LogP contribution >= 0.6 is 0 Å². The fraction of sp³-hybridized carbons (Fsp3) is 0.489. The maximum atomic E-state index is 13.9. The maximum Gasteiger partial charge on any atom is 0.287 e. The number of aromatic nitrogens is 3. The minimum atomic E-state index is -3.17. The Morgan fingerprint density at radius 3 is 2.46 bits per heavy atom. The average molecular weight is 837 g/mol. The minimum Gasteiger partial charge on any atom is -0.494 e. The number of carbonyl (C=O) groups is 5. The lowest BCUT2D eigenvalue weighted by Gasteiger charge is -2.60. The summed E-state index contributed by atoms with van der Waals surface area (Å²) in [6, 6.07) is 10.2. The first-order chi connectivity index (χ1) is 29.2. The Kier molecular flexibility index (Phi) is 10.4. The van der Waals surface area contributed by atoms with Gasteiger partial charge in [0.25, 0.3) is 23.6 Å². The van der Waals surface area contributed by atoms with Gasteiger partial charge in [0.05, 0.1) is 35.5 Å². The summed E-state index contributed by atoms with van der Waals surface area (Å²) >= 11 is 0. The van der Waals surface area contributed by atoms with Crippen LogP contribution < -0.4 is 20.7 Å². The number of amides is 5. The summed E-state index contributed by atoms with van der Waals surface area (Å²) in [6.45, 7) is 6.69. The van der Waals surface area contributed by atoms with Gasteiger partial charge in [-0.3, -0.25) is 38.9 Å². The van der Waals surface area contributed by atoms with Crippen LogP contribution in [0.2, 0.25) is 0 Å². The van der Waals surface area contributed by atoms with Crippen LogP contribution in [0.15, 0.2) is 48.7 Å². The van der Waals surface area contributed by atoms with Crippen molar-refractivity contribution in [3.05, 3.63) is 76.7 Å². The number of anilines is 2. The predicted molar refractivity (Wildman–Crippen MR) is 222 cm³/mol. The molecule has 1 unspecified atom stereocenters. The van der Waals surface area contributed by atoms with Crippen LogP contribution in [0.1, 0.15) is 113 Å². The molecule has 2 saturated heterocycles. The van der Waals surface area contributed by atoms with E-state index in [-0.39, 0.29) is 30.1 Å². The Labute approximate surface area is 351 Å². The lowest BCUT2D eigenvalue weighted by atomic mass is 9.57. The molecule has 9 rings (SSSR count). The Morgan fingerprint density at radius 2 is 1.74 bits per heavy atom. The number of methoxy groups -OCH3 is 1. The highest BCUT2D eigenvalue weighted by Gasteiger charge is 2.52. The van der Waals surface area contributed by atoms with E-state index in [0.29, 0.717) is 46.5 Å². The second kappa shape index (κ2) is 15.6. The Morgan fingerprint density at radius 1 is 0.984 bits per heavy atom. The molecule has 4 aromatic rings. The molecule has 5 aliphatic rings. The number of ether oxygens (including phenoxy) is 1. The average Bonchev–Trinajstić information content (AvgIpc) is 3.74. The summed E-state index contributed by atoms with van der Waals surface area (Å²) in [4.78, 5) is 71.3. The van der Waals surface area contributed by atoms with Gasteiger partial charge in [-0.2, -0.15) is 13.9 Å². The summed E-state index contributed by atoms with van der Waals surface area (Å²) in [5.74, 6) is -4.10. The third kappa shape index (κ3) is 7.63. The number of nitrogens with zero attached hydrogens (tertiary/aromatic N) is 5. The van der Waals surface area contributed by atoms with E-state index in [1.807, 2.05) is 23.9 Å². The van der Waals surface area contributed by atoms with E-state index in [0.717, 1.165) is 80.0 Å². The lowest BCUT2D eigenvalue weighted by Crippen LogP contribution is -2.63. The van der Waals surface area contributed by atoms with Crippen LogP contribution in [0.5, 0.6) is 5.75 Å². The molecule has 0 bridgehead atoms. The number of carbonyl (C=O) groups excluding carboxylic acids is 5. The number of aryl methyl sites for hydroxylation is 1. The quantitative estimate of drug-likeness (QED) is 0.135. The summed E-state index contributed by atoms with van der Waals surface area (Å²) in [6.07, 6.45) is 9.86. The molecule has 2 aliphatic carbocycles. The molecule has 5 amide bonds. The number of pyridine rings is 1. The largest absolute Gasteiger partial charge is 0.494 e. The van der Waals surface area contributed by atoms with Crippen LogP contribution in [0.3, 0.4) is 0 Å². The van der Waals surface area contributed by atoms with Gasteiger partial charge in [-0.05, 0) is 106 Å². The van der Waals surface area contributed by atoms with Crippen LogP contribution in [0.25, 0.3) is 10.9 Å². The number of nitrogens with one attached hydrogen (secondary N) is 3. The summed E-state index contributed by atoms with van der Waals surface area (Å²) in [7, 11) is 1.52. The smallest absolute Gasteiger partial charge is 0.287 e. The fourth-order valence-corrected chi connectivity index (χ4v) is 10.6. The van der Waals surface area contributed by atoms with Gasteiger partial charge in [0.15, 0.2) is 0 Å². The third-order valence-electron chi connectivity index (χ3n) is 13.5. The first-order valence-corrected chi connectivity index (χ1v) is 21.2. The number of hydrogen-bond acceptors (Lipinski definition) is 10. The van der Waals surface area contributed by atoms with Crippen molar-refractivity contribution < 1.29 is 37.5 Å². The van der Waals surface area contributed by atoms with E-state index in [1.165, 1.54) is 38.2 Å². The molecule has 5 heterocycles. The van der Waals surface area contributed by atoms with Crippen LogP contribution in [-0.2, 0) is 15.5 Å². The molecule has 16 heteroatoms. The zero-order valence-electron chi connectivity index (χ0n) is 34.6. The van der Waals surface area contributed by atoms with Crippen molar-refractivity contribution in [3.8, 4) is 5.75 Å². The van der Waals surface area contributed by atoms with Crippen molar-refractivity contribution in [2.45, 2.75) is 89.6 Å². The highest BCUT2D eigenvalue weighted by molar-refractivity contribution is 6.25. The van der Waals surface area contributed by atoms with Crippen molar-refractivity contribution in [2.75, 3.05) is 43.9 Å². The first-order valence-electron chi connectivity index (χ1n) is 21.2. The molecule has 2 aromatic heterocycles. The molecule has 0 radical (unpaired) electrons. The van der Waals surface area contributed by atoms with Gasteiger partial charge in [0.1, 0.15) is 23.2 Å². The fourth-order valence-electron chi connectivity index (χ4n) is 10.6. The minimum absolute atomic E-state index is 0.0841. The number of halogens is 2. The van der Waals surface area contributed by atoms with E-state index in [9.17, 15) is 32.8 Å². The van der Waals surface area contributed by atoms with E-state index in [4.69, 9.17) is 9.84 Å². The highest BCUT2D eigenvalue weighted by Crippen LogP contribution is 2.53. The second-order valence-corrected chi connectivity index (χ2v) is 17.9. The van der Waals surface area contributed by atoms with Gasteiger partial charge in [-0.25, -0.2) is 4.98 Å². The Hall–Kier alpha value is -5.77. The molecule has 3 N–H and O–H groups in total. The van der Waals surface area contributed by atoms with Crippen molar-refractivity contribution in [1.82, 2.24) is 29.9 Å². The summed E-state index contributed by atoms with van der Waals surface area (Å²) < 4.78 is 35.5. The van der Waals surface area contributed by atoms with E-state index in [2.05, 4.69) is 25.8 Å². The molecule has 3 aliphatic heterocycles. The highest BCUT2D eigenvalue weighted by atomic mass is 19.3. The number of likely N-dealkylation sites (tertiary alicyclic amines) is 1. The SMILES string of the molecule is COc1c(NC(=O)c2cccc(C(C)(F)F)n2)cc2cn([C@H]3CC[C@H](CN4CC5(CC(CCNc6cccc7c6C(=O)N(C6CCC(=O)NC6=O)C7=O)C5)C4)CC3)nc2c1C. The van der Waals surface area contributed by atoms with Crippen molar-refractivity contribution in [1.29, 1.82) is 0 Å². The topological polar surface area (TPSA) is 168 Å². The van der Waals surface area contributed by atoms with E-state index >= 15 is 0 Å². The maximum absolute atomic E-state index is 13.9. The normalized spacial score (nSPS) is 22.8. The number of piperidine rings is 1. The van der Waals surface area contributed by atoms with Gasteiger partial charge in [-0.15, -0.1) is 0 Å². The number of fused-ring (bicyclic) bond motifs is 2. The second-order valence-electron chi connectivity index (χ2n) is 17.9. The number of hydrogen-bond donors (Lipinski definition) is 3. The molecule has 4 fully saturated rings. The monoisotopic (exact) mass is 836 g/mol.